The fraction of sp³-hybridized carbons (Fsp3) is 0.176. The number of esters is 2. The number of methoxy groups -OCH3 is 1. The lowest BCUT2D eigenvalue weighted by Gasteiger charge is -2.28. The van der Waals surface area contributed by atoms with Crippen LogP contribution < -0.4 is 0 Å². The number of alkyl halides is 2. The highest BCUT2D eigenvalue weighted by atomic mass is 79.9. The Bertz CT molecular complexity index is 790. The van der Waals surface area contributed by atoms with Crippen molar-refractivity contribution in [3.63, 3.8) is 0 Å². The molecule has 0 aliphatic carbocycles. The molecule has 0 fully saturated rings. The van der Waals surface area contributed by atoms with Crippen LogP contribution in [0.4, 0.5) is 0 Å². The lowest BCUT2D eigenvalue weighted by molar-refractivity contribution is 0.0307. The molecule has 0 radical (unpaired) electrons. The zero-order valence-electron chi connectivity index (χ0n) is 12.1. The van der Waals surface area contributed by atoms with Gasteiger partial charge in [-0.05, 0) is 33.6 Å². The van der Waals surface area contributed by atoms with Gasteiger partial charge in [-0.1, -0.05) is 52.3 Å². The van der Waals surface area contributed by atoms with Crippen LogP contribution >= 0.6 is 31.9 Å². The number of cyclic esters (lactones) is 1. The summed E-state index contributed by atoms with van der Waals surface area (Å²) in [5.41, 5.74) is 2.30. The first-order valence-corrected chi connectivity index (χ1v) is 8.53. The second kappa shape index (κ2) is 6.09. The molecule has 0 saturated heterocycles. The number of ether oxygens (including phenoxy) is 2. The molecule has 0 aromatic heterocycles. The molecule has 0 N–H and O–H groups in total. The topological polar surface area (TPSA) is 52.6 Å². The molecule has 2 aromatic rings. The highest BCUT2D eigenvalue weighted by Gasteiger charge is 2.49. The Kier molecular flexibility index (Phi) is 4.29. The Hall–Kier alpha value is -1.66. The molecule has 3 rings (SSSR count). The first kappa shape index (κ1) is 16.2. The Morgan fingerprint density at radius 1 is 1.17 bits per heavy atom. The van der Waals surface area contributed by atoms with Crippen LogP contribution in [0, 0.1) is 0 Å². The number of carbonyl (C=O) groups excluding carboxylic acids is 2. The van der Waals surface area contributed by atoms with E-state index in [9.17, 15) is 9.59 Å². The first-order valence-electron chi connectivity index (χ1n) is 6.82. The van der Waals surface area contributed by atoms with Gasteiger partial charge in [-0.15, -0.1) is 0 Å². The second-order valence-electron chi connectivity index (χ2n) is 5.02. The van der Waals surface area contributed by atoms with Gasteiger partial charge in [0.05, 0.1) is 23.1 Å². The normalized spacial score (nSPS) is 20.6. The molecule has 2 atom stereocenters. The van der Waals surface area contributed by atoms with E-state index in [1.54, 1.807) is 30.3 Å². The maximum atomic E-state index is 12.1. The summed E-state index contributed by atoms with van der Waals surface area (Å²) in [5, 5.41) is 0. The van der Waals surface area contributed by atoms with Crippen molar-refractivity contribution in [3.8, 4) is 0 Å². The van der Waals surface area contributed by atoms with E-state index in [1.807, 2.05) is 18.2 Å². The molecule has 1 heterocycles. The lowest BCUT2D eigenvalue weighted by atomic mass is 9.96. The number of benzene rings is 2. The molecule has 0 bridgehead atoms. The largest absolute Gasteiger partial charge is 0.465 e. The van der Waals surface area contributed by atoms with Crippen molar-refractivity contribution in [3.05, 3.63) is 70.8 Å². The van der Waals surface area contributed by atoms with Crippen LogP contribution in [0.1, 0.15) is 36.7 Å². The summed E-state index contributed by atoms with van der Waals surface area (Å²) in [5.74, 6) is -0.851. The van der Waals surface area contributed by atoms with Gasteiger partial charge in [0.1, 0.15) is 0 Å². The van der Waals surface area contributed by atoms with Gasteiger partial charge in [-0.25, -0.2) is 9.59 Å². The molecular formula is C17H12Br2O4. The molecular weight excluding hydrogens is 428 g/mol. The maximum Gasteiger partial charge on any atom is 0.340 e. The van der Waals surface area contributed by atoms with E-state index < -0.39 is 21.3 Å². The third-order valence-corrected chi connectivity index (χ3v) is 6.52. The van der Waals surface area contributed by atoms with Crippen LogP contribution in [0.2, 0.25) is 0 Å². The summed E-state index contributed by atoms with van der Waals surface area (Å²) < 4.78 is 9.32. The summed E-state index contributed by atoms with van der Waals surface area (Å²) in [6.07, 6.45) is 0. The van der Waals surface area contributed by atoms with Crippen molar-refractivity contribution in [2.75, 3.05) is 7.11 Å². The molecule has 118 valence electrons. The second-order valence-corrected chi connectivity index (χ2v) is 7.12. The number of hydrogen-bond acceptors (Lipinski definition) is 4. The Labute approximate surface area is 150 Å². The van der Waals surface area contributed by atoms with E-state index in [-0.39, 0.29) is 0 Å². The van der Waals surface area contributed by atoms with Crippen molar-refractivity contribution in [1.29, 1.82) is 0 Å². The van der Waals surface area contributed by atoms with Crippen LogP contribution in [0.5, 0.6) is 0 Å². The van der Waals surface area contributed by atoms with Gasteiger partial charge in [0, 0.05) is 5.56 Å². The fourth-order valence-corrected chi connectivity index (χ4v) is 4.08. The molecule has 6 heteroatoms. The van der Waals surface area contributed by atoms with Crippen LogP contribution in [0.3, 0.4) is 0 Å². The third kappa shape index (κ3) is 2.60. The predicted molar refractivity (Wildman–Crippen MR) is 91.9 cm³/mol. The van der Waals surface area contributed by atoms with Crippen LogP contribution in [-0.2, 0) is 14.0 Å². The van der Waals surface area contributed by atoms with Gasteiger partial charge < -0.3 is 9.47 Å². The molecule has 4 nitrogen and oxygen atoms in total. The van der Waals surface area contributed by atoms with Crippen molar-refractivity contribution in [1.82, 2.24) is 0 Å². The SMILES string of the molecule is COC(=O)c1ccccc1[C@H](Br)[C@]1(Br)OC(=O)c2ccccc21. The minimum absolute atomic E-state index is 0.405. The number of fused-ring (bicyclic) bond motifs is 1. The van der Waals surface area contributed by atoms with Crippen LogP contribution in [0.25, 0.3) is 0 Å². The number of rotatable bonds is 3. The molecule has 2 aromatic carbocycles. The molecule has 23 heavy (non-hydrogen) atoms. The molecule has 1 aliphatic rings. The minimum atomic E-state index is -1.09. The van der Waals surface area contributed by atoms with Crippen LogP contribution in [-0.4, -0.2) is 19.0 Å². The summed E-state index contributed by atoms with van der Waals surface area (Å²) in [6, 6.07) is 14.2. The molecule has 0 saturated carbocycles. The van der Waals surface area contributed by atoms with E-state index in [4.69, 9.17) is 9.47 Å². The van der Waals surface area contributed by atoms with Crippen molar-refractivity contribution >= 4 is 43.8 Å². The minimum Gasteiger partial charge on any atom is -0.465 e. The van der Waals surface area contributed by atoms with E-state index in [2.05, 4.69) is 31.9 Å². The van der Waals surface area contributed by atoms with Gasteiger partial charge in [-0.2, -0.15) is 0 Å². The van der Waals surface area contributed by atoms with E-state index >= 15 is 0 Å². The summed E-state index contributed by atoms with van der Waals surface area (Å²) >= 11 is 7.13. The Morgan fingerprint density at radius 3 is 2.57 bits per heavy atom. The quantitative estimate of drug-likeness (QED) is 0.527. The number of hydrogen-bond donors (Lipinski definition) is 0. The van der Waals surface area contributed by atoms with E-state index in [0.29, 0.717) is 22.3 Å². The lowest BCUT2D eigenvalue weighted by Crippen LogP contribution is -2.25. The third-order valence-electron chi connectivity index (χ3n) is 3.72. The summed E-state index contributed by atoms with van der Waals surface area (Å²) in [6.45, 7) is 0. The molecule has 0 amide bonds. The van der Waals surface area contributed by atoms with Gasteiger partial charge in [0.15, 0.2) is 0 Å². The average Bonchev–Trinajstić information content (AvgIpc) is 2.86. The summed E-state index contributed by atoms with van der Waals surface area (Å²) in [7, 11) is 1.33. The zero-order valence-corrected chi connectivity index (χ0v) is 15.3. The van der Waals surface area contributed by atoms with Gasteiger partial charge in [0.25, 0.3) is 0 Å². The zero-order chi connectivity index (χ0) is 16.6. The van der Waals surface area contributed by atoms with Gasteiger partial charge >= 0.3 is 11.9 Å². The predicted octanol–water partition coefficient (Wildman–Crippen LogP) is 4.33. The number of carbonyl (C=O) groups is 2. The first-order chi connectivity index (χ1) is 11.0. The Morgan fingerprint density at radius 2 is 1.83 bits per heavy atom. The number of halogens is 2. The fourth-order valence-electron chi connectivity index (χ4n) is 2.61. The average molecular weight is 440 g/mol. The maximum absolute atomic E-state index is 12.1. The van der Waals surface area contributed by atoms with E-state index in [1.165, 1.54) is 7.11 Å². The summed E-state index contributed by atoms with van der Waals surface area (Å²) in [4.78, 5) is 23.7. The highest BCUT2D eigenvalue weighted by Crippen LogP contribution is 2.54. The smallest absolute Gasteiger partial charge is 0.340 e. The highest BCUT2D eigenvalue weighted by molar-refractivity contribution is 9.12. The Balaban J connectivity index is 2.10. The monoisotopic (exact) mass is 438 g/mol. The standard InChI is InChI=1S/C17H12Br2O4/c1-22-15(20)11-7-3-2-6-10(11)14(18)17(19)13-9-5-4-8-12(13)16(21)23-17/h2-9,14H,1H3/t14-,17+/m0/s1. The van der Waals surface area contributed by atoms with Crippen LogP contribution in [0.15, 0.2) is 48.5 Å². The molecule has 0 unspecified atom stereocenters. The van der Waals surface area contributed by atoms with Crippen molar-refractivity contribution in [2.24, 2.45) is 0 Å². The van der Waals surface area contributed by atoms with Gasteiger partial charge in [0.2, 0.25) is 4.51 Å². The van der Waals surface area contributed by atoms with Gasteiger partial charge in [-0.3, -0.25) is 0 Å². The molecule has 1 aliphatic heterocycles. The van der Waals surface area contributed by atoms with Crippen molar-refractivity contribution in [2.45, 2.75) is 9.34 Å². The van der Waals surface area contributed by atoms with E-state index in [0.717, 1.165) is 0 Å². The van der Waals surface area contributed by atoms with Crippen molar-refractivity contribution < 1.29 is 19.1 Å². The molecule has 0 spiro atoms.